The molecule has 0 aromatic rings. The lowest BCUT2D eigenvalue weighted by Gasteiger charge is -2.36. The zero-order valence-electron chi connectivity index (χ0n) is 11.4. The van der Waals surface area contributed by atoms with Gasteiger partial charge >= 0.3 is 0 Å². The molecule has 18 heavy (non-hydrogen) atoms. The van der Waals surface area contributed by atoms with Gasteiger partial charge in [-0.25, -0.2) is 0 Å². The van der Waals surface area contributed by atoms with E-state index in [0.29, 0.717) is 19.6 Å². The van der Waals surface area contributed by atoms with Gasteiger partial charge in [-0.15, -0.1) is 0 Å². The topological polar surface area (TPSA) is 43.9 Å². The van der Waals surface area contributed by atoms with Crippen LogP contribution in [0.1, 0.15) is 32.6 Å². The fourth-order valence-electron chi connectivity index (χ4n) is 2.89. The van der Waals surface area contributed by atoms with Crippen LogP contribution in [0.3, 0.4) is 0 Å². The summed E-state index contributed by atoms with van der Waals surface area (Å²) in [6.07, 6.45) is 5.99. The Morgan fingerprint density at radius 2 is 1.94 bits per heavy atom. The molecule has 2 rings (SSSR count). The molecule has 0 aromatic carbocycles. The van der Waals surface area contributed by atoms with Crippen molar-refractivity contribution in [3.8, 4) is 0 Å². The first-order chi connectivity index (χ1) is 8.57. The third kappa shape index (κ3) is 2.71. The summed E-state index contributed by atoms with van der Waals surface area (Å²) >= 11 is 0. The molecule has 2 aliphatic heterocycles. The molecule has 1 radical (unpaired) electrons. The quantitative estimate of drug-likeness (QED) is 0.765. The van der Waals surface area contributed by atoms with Gasteiger partial charge in [0.25, 0.3) is 10.2 Å². The van der Waals surface area contributed by atoms with Crippen molar-refractivity contribution in [3.05, 3.63) is 6.42 Å². The molecule has 2 fully saturated rings. The molecule has 0 amide bonds. The molecule has 0 aromatic heterocycles. The standard InChI is InChI=1S/C12H24N3O2S/c1-3-15(12-8-7-9-13(12)2)18(16,17)14-10-5-4-6-11-14/h4,12H,3,5-11H2,1-2H3. The molecule has 0 spiro atoms. The summed E-state index contributed by atoms with van der Waals surface area (Å²) in [5, 5.41) is 0. The lowest BCUT2D eigenvalue weighted by atomic mass is 10.2. The van der Waals surface area contributed by atoms with E-state index in [1.54, 1.807) is 8.61 Å². The van der Waals surface area contributed by atoms with Gasteiger partial charge in [-0.2, -0.15) is 17.0 Å². The van der Waals surface area contributed by atoms with Crippen LogP contribution in [0.25, 0.3) is 0 Å². The first-order valence-corrected chi connectivity index (χ1v) is 8.26. The Hall–Kier alpha value is -0.170. The first-order valence-electron chi connectivity index (χ1n) is 6.86. The fraction of sp³-hybridized carbons (Fsp3) is 0.917. The number of rotatable bonds is 4. The first kappa shape index (κ1) is 14.2. The average molecular weight is 274 g/mol. The van der Waals surface area contributed by atoms with Gasteiger partial charge in [-0.3, -0.25) is 4.90 Å². The summed E-state index contributed by atoms with van der Waals surface area (Å²) in [4.78, 5) is 2.15. The average Bonchev–Trinajstić information content (AvgIpc) is 2.78. The number of hydrogen-bond acceptors (Lipinski definition) is 3. The van der Waals surface area contributed by atoms with E-state index in [0.717, 1.165) is 32.2 Å². The molecular formula is C12H24N3O2S. The Morgan fingerprint density at radius 3 is 2.44 bits per heavy atom. The minimum absolute atomic E-state index is 0.0471. The lowest BCUT2D eigenvalue weighted by molar-refractivity contribution is 0.165. The Balaban J connectivity index is 2.14. The van der Waals surface area contributed by atoms with Crippen molar-refractivity contribution < 1.29 is 8.42 Å². The second kappa shape index (κ2) is 5.86. The Labute approximate surface area is 111 Å². The van der Waals surface area contributed by atoms with E-state index in [1.165, 1.54) is 0 Å². The molecule has 1 unspecified atom stereocenters. The van der Waals surface area contributed by atoms with E-state index in [4.69, 9.17) is 0 Å². The molecule has 5 nitrogen and oxygen atoms in total. The maximum Gasteiger partial charge on any atom is 0.283 e. The summed E-state index contributed by atoms with van der Waals surface area (Å²) in [5.74, 6) is 0. The molecule has 2 saturated heterocycles. The van der Waals surface area contributed by atoms with E-state index >= 15 is 0 Å². The fourth-order valence-corrected chi connectivity index (χ4v) is 4.76. The minimum atomic E-state index is -3.29. The Kier molecular flexibility index (Phi) is 4.64. The summed E-state index contributed by atoms with van der Waals surface area (Å²) in [5.41, 5.74) is 0. The molecule has 0 N–H and O–H groups in total. The summed E-state index contributed by atoms with van der Waals surface area (Å²) < 4.78 is 28.6. The molecule has 0 aliphatic carbocycles. The van der Waals surface area contributed by atoms with E-state index in [2.05, 4.69) is 11.3 Å². The summed E-state index contributed by atoms with van der Waals surface area (Å²) in [6, 6.07) is 0. The monoisotopic (exact) mass is 274 g/mol. The molecular weight excluding hydrogens is 250 g/mol. The van der Waals surface area contributed by atoms with Gasteiger partial charge in [-0.05, 0) is 45.7 Å². The summed E-state index contributed by atoms with van der Waals surface area (Å²) in [7, 11) is -1.27. The predicted molar refractivity (Wildman–Crippen MR) is 72.1 cm³/mol. The van der Waals surface area contributed by atoms with Crippen molar-refractivity contribution in [2.75, 3.05) is 33.2 Å². The smallest absolute Gasteiger partial charge is 0.283 e. The van der Waals surface area contributed by atoms with Crippen LogP contribution in [0.2, 0.25) is 0 Å². The van der Waals surface area contributed by atoms with Gasteiger partial charge in [0.05, 0.1) is 6.17 Å². The third-order valence-corrected chi connectivity index (χ3v) is 6.03. The third-order valence-electron chi connectivity index (χ3n) is 3.91. The Morgan fingerprint density at radius 1 is 1.28 bits per heavy atom. The maximum atomic E-state index is 12.7. The molecule has 105 valence electrons. The number of likely N-dealkylation sites (tertiary alicyclic amines) is 1. The molecule has 2 heterocycles. The van der Waals surface area contributed by atoms with E-state index < -0.39 is 10.2 Å². The second-order valence-corrected chi connectivity index (χ2v) is 6.96. The van der Waals surface area contributed by atoms with E-state index in [1.807, 2.05) is 14.0 Å². The van der Waals surface area contributed by atoms with E-state index in [9.17, 15) is 8.42 Å². The van der Waals surface area contributed by atoms with Gasteiger partial charge in [0.2, 0.25) is 0 Å². The Bertz CT molecular complexity index is 366. The van der Waals surface area contributed by atoms with Crippen LogP contribution in [0, 0.1) is 6.42 Å². The molecule has 2 aliphatic rings. The largest absolute Gasteiger partial charge is 0.290 e. The van der Waals surface area contributed by atoms with Gasteiger partial charge in [0.1, 0.15) is 0 Å². The normalized spacial score (nSPS) is 28.1. The zero-order valence-corrected chi connectivity index (χ0v) is 12.2. The number of piperidine rings is 1. The van der Waals surface area contributed by atoms with Crippen molar-refractivity contribution in [3.63, 3.8) is 0 Å². The highest BCUT2D eigenvalue weighted by atomic mass is 32.2. The van der Waals surface area contributed by atoms with Gasteiger partial charge < -0.3 is 0 Å². The predicted octanol–water partition coefficient (Wildman–Crippen LogP) is 0.905. The SMILES string of the molecule is CCN(C1CCCN1C)S(=O)(=O)N1CC[CH]CC1. The van der Waals surface area contributed by atoms with Crippen LogP contribution in [0.4, 0.5) is 0 Å². The van der Waals surface area contributed by atoms with Gasteiger partial charge in [0.15, 0.2) is 0 Å². The van der Waals surface area contributed by atoms with Crippen LogP contribution in [0.15, 0.2) is 0 Å². The maximum absolute atomic E-state index is 12.7. The molecule has 0 saturated carbocycles. The minimum Gasteiger partial charge on any atom is -0.290 e. The zero-order chi connectivity index (χ0) is 13.2. The van der Waals surface area contributed by atoms with Crippen molar-refractivity contribution in [2.45, 2.75) is 38.8 Å². The van der Waals surface area contributed by atoms with Crippen LogP contribution < -0.4 is 0 Å². The van der Waals surface area contributed by atoms with Gasteiger partial charge in [0, 0.05) is 19.6 Å². The van der Waals surface area contributed by atoms with Crippen LogP contribution in [0.5, 0.6) is 0 Å². The van der Waals surface area contributed by atoms with Crippen molar-refractivity contribution >= 4 is 10.2 Å². The highest BCUT2D eigenvalue weighted by Crippen LogP contribution is 2.24. The lowest BCUT2D eigenvalue weighted by Crippen LogP contribution is -2.53. The number of nitrogens with zero attached hydrogens (tertiary/aromatic N) is 3. The van der Waals surface area contributed by atoms with Crippen LogP contribution in [-0.2, 0) is 10.2 Å². The molecule has 6 heteroatoms. The molecule has 1 atom stereocenters. The molecule has 0 bridgehead atoms. The van der Waals surface area contributed by atoms with Crippen LogP contribution in [-0.4, -0.2) is 61.3 Å². The highest BCUT2D eigenvalue weighted by Gasteiger charge is 2.37. The highest BCUT2D eigenvalue weighted by molar-refractivity contribution is 7.86. The summed E-state index contributed by atoms with van der Waals surface area (Å²) in [6.45, 7) is 4.74. The second-order valence-electron chi connectivity index (χ2n) is 5.08. The van der Waals surface area contributed by atoms with Gasteiger partial charge in [-0.1, -0.05) is 6.92 Å². The van der Waals surface area contributed by atoms with E-state index in [-0.39, 0.29) is 6.17 Å². The van der Waals surface area contributed by atoms with Crippen molar-refractivity contribution in [2.24, 2.45) is 0 Å². The van der Waals surface area contributed by atoms with Crippen molar-refractivity contribution in [1.29, 1.82) is 0 Å². The number of hydrogen-bond donors (Lipinski definition) is 0. The van der Waals surface area contributed by atoms with Crippen LogP contribution >= 0.6 is 0 Å². The van der Waals surface area contributed by atoms with Crippen molar-refractivity contribution in [1.82, 2.24) is 13.5 Å².